The van der Waals surface area contributed by atoms with Gasteiger partial charge >= 0.3 is 5.97 Å². The van der Waals surface area contributed by atoms with E-state index in [-0.39, 0.29) is 17.2 Å². The maximum atomic E-state index is 12.4. The maximum Gasteiger partial charge on any atom is 0.339 e. The first-order chi connectivity index (χ1) is 12.0. The number of aromatic carboxylic acids is 1. The van der Waals surface area contributed by atoms with Crippen LogP contribution >= 0.6 is 22.9 Å². The first kappa shape index (κ1) is 17.2. The lowest BCUT2D eigenvalue weighted by Gasteiger charge is -2.07. The van der Waals surface area contributed by atoms with E-state index in [2.05, 4.69) is 5.32 Å². The Bertz CT molecular complexity index is 965. The number of carboxylic acid groups (broad SMARTS) is 1. The van der Waals surface area contributed by atoms with Crippen molar-refractivity contribution in [2.24, 2.45) is 0 Å². The van der Waals surface area contributed by atoms with E-state index in [0.717, 1.165) is 5.56 Å². The summed E-state index contributed by atoms with van der Waals surface area (Å²) in [5.41, 5.74) is 2.47. The highest BCUT2D eigenvalue weighted by Crippen LogP contribution is 2.37. The van der Waals surface area contributed by atoms with Crippen molar-refractivity contribution in [3.8, 4) is 10.4 Å². The third kappa shape index (κ3) is 3.73. The van der Waals surface area contributed by atoms with Gasteiger partial charge in [-0.1, -0.05) is 41.4 Å². The van der Waals surface area contributed by atoms with E-state index in [0.29, 0.717) is 21.0 Å². The number of carboxylic acids is 1. The molecule has 4 nitrogen and oxygen atoms in total. The van der Waals surface area contributed by atoms with Crippen molar-refractivity contribution in [3.63, 3.8) is 0 Å². The molecular weight excluding hydrogens is 358 g/mol. The molecule has 0 radical (unpaired) electrons. The van der Waals surface area contributed by atoms with Crippen LogP contribution in [0, 0.1) is 6.92 Å². The zero-order valence-electron chi connectivity index (χ0n) is 13.2. The number of rotatable bonds is 4. The quantitative estimate of drug-likeness (QED) is 0.651. The van der Waals surface area contributed by atoms with E-state index in [1.807, 2.05) is 13.0 Å². The minimum absolute atomic E-state index is 0.0632. The predicted molar refractivity (Wildman–Crippen MR) is 101 cm³/mol. The molecule has 1 aromatic heterocycles. The summed E-state index contributed by atoms with van der Waals surface area (Å²) in [4.78, 5) is 24.7. The molecule has 2 aromatic carbocycles. The molecule has 0 unspecified atom stereocenters. The number of hydrogen-bond donors (Lipinski definition) is 2. The van der Waals surface area contributed by atoms with Crippen LogP contribution in [-0.4, -0.2) is 17.0 Å². The number of nitrogens with one attached hydrogen (secondary N) is 1. The fourth-order valence-electron chi connectivity index (χ4n) is 2.49. The van der Waals surface area contributed by atoms with Gasteiger partial charge in [0.15, 0.2) is 0 Å². The molecule has 1 amide bonds. The second-order valence-corrected chi connectivity index (χ2v) is 6.81. The predicted octanol–water partition coefficient (Wildman–Crippen LogP) is 5.33. The standard InChI is InChI=1S/C19H14ClNO3S/c1-11-4-2-6-13(8-11)18(22)21-15-10-25-17(16(15)19(23)24)12-5-3-7-14(20)9-12/h2-10H,1H3,(H,21,22)(H,23,24). The second-order valence-electron chi connectivity index (χ2n) is 5.49. The Balaban J connectivity index is 1.97. The van der Waals surface area contributed by atoms with Crippen LogP contribution in [0.15, 0.2) is 53.9 Å². The van der Waals surface area contributed by atoms with Gasteiger partial charge in [0, 0.05) is 16.0 Å². The van der Waals surface area contributed by atoms with Crippen LogP contribution in [0.5, 0.6) is 0 Å². The number of thiophene rings is 1. The minimum Gasteiger partial charge on any atom is -0.478 e. The molecule has 0 atom stereocenters. The second kappa shape index (κ2) is 7.09. The molecule has 0 spiro atoms. The molecule has 126 valence electrons. The van der Waals surface area contributed by atoms with Gasteiger partial charge in [-0.3, -0.25) is 4.79 Å². The third-order valence-electron chi connectivity index (χ3n) is 3.62. The van der Waals surface area contributed by atoms with Gasteiger partial charge in [-0.25, -0.2) is 4.79 Å². The molecule has 0 aliphatic heterocycles. The summed E-state index contributed by atoms with van der Waals surface area (Å²) >= 11 is 7.25. The van der Waals surface area contributed by atoms with E-state index in [1.165, 1.54) is 11.3 Å². The van der Waals surface area contributed by atoms with Gasteiger partial charge in [-0.05, 0) is 36.8 Å². The topological polar surface area (TPSA) is 66.4 Å². The summed E-state index contributed by atoms with van der Waals surface area (Å²) in [5.74, 6) is -1.45. The van der Waals surface area contributed by atoms with Gasteiger partial charge < -0.3 is 10.4 Å². The number of carbonyl (C=O) groups is 2. The van der Waals surface area contributed by atoms with Crippen molar-refractivity contribution >= 4 is 40.5 Å². The average molecular weight is 372 g/mol. The first-order valence-electron chi connectivity index (χ1n) is 7.44. The molecule has 0 saturated heterocycles. The molecule has 6 heteroatoms. The lowest BCUT2D eigenvalue weighted by molar-refractivity contribution is 0.0699. The SMILES string of the molecule is Cc1cccc(C(=O)Nc2csc(-c3cccc(Cl)c3)c2C(=O)O)c1. The van der Waals surface area contributed by atoms with Gasteiger partial charge in [-0.15, -0.1) is 11.3 Å². The van der Waals surface area contributed by atoms with Crippen LogP contribution in [-0.2, 0) is 0 Å². The summed E-state index contributed by atoms with van der Waals surface area (Å²) in [6.45, 7) is 1.89. The normalized spacial score (nSPS) is 10.5. The first-order valence-corrected chi connectivity index (χ1v) is 8.70. The van der Waals surface area contributed by atoms with E-state index in [1.54, 1.807) is 47.8 Å². The molecule has 1 heterocycles. The molecule has 0 fully saturated rings. The van der Waals surface area contributed by atoms with Crippen molar-refractivity contribution in [1.29, 1.82) is 0 Å². The monoisotopic (exact) mass is 371 g/mol. The Morgan fingerprint density at radius 2 is 1.88 bits per heavy atom. The number of hydrogen-bond acceptors (Lipinski definition) is 3. The van der Waals surface area contributed by atoms with Crippen molar-refractivity contribution in [1.82, 2.24) is 0 Å². The van der Waals surface area contributed by atoms with Gasteiger partial charge in [0.05, 0.1) is 10.6 Å². The summed E-state index contributed by atoms with van der Waals surface area (Å²) < 4.78 is 0. The molecule has 25 heavy (non-hydrogen) atoms. The van der Waals surface area contributed by atoms with E-state index in [9.17, 15) is 14.7 Å². The number of anilines is 1. The number of carbonyl (C=O) groups excluding carboxylic acids is 1. The maximum absolute atomic E-state index is 12.4. The van der Waals surface area contributed by atoms with Crippen LogP contribution < -0.4 is 5.32 Å². The largest absolute Gasteiger partial charge is 0.478 e. The van der Waals surface area contributed by atoms with Gasteiger partial charge in [0.25, 0.3) is 5.91 Å². The van der Waals surface area contributed by atoms with E-state index < -0.39 is 5.97 Å². The van der Waals surface area contributed by atoms with Crippen molar-refractivity contribution < 1.29 is 14.7 Å². The number of halogens is 1. The Morgan fingerprint density at radius 1 is 1.12 bits per heavy atom. The molecule has 0 aliphatic carbocycles. The fourth-order valence-corrected chi connectivity index (χ4v) is 3.67. The zero-order valence-corrected chi connectivity index (χ0v) is 14.8. The highest BCUT2D eigenvalue weighted by atomic mass is 35.5. The number of aryl methyl sites for hydroxylation is 1. The van der Waals surface area contributed by atoms with E-state index in [4.69, 9.17) is 11.6 Å². The molecule has 2 N–H and O–H groups in total. The molecule has 0 saturated carbocycles. The van der Waals surface area contributed by atoms with Crippen molar-refractivity contribution in [3.05, 3.63) is 75.6 Å². The van der Waals surface area contributed by atoms with Gasteiger partial charge in [-0.2, -0.15) is 0 Å². The van der Waals surface area contributed by atoms with Crippen LogP contribution in [0.25, 0.3) is 10.4 Å². The third-order valence-corrected chi connectivity index (χ3v) is 4.88. The van der Waals surface area contributed by atoms with Gasteiger partial charge in [0.1, 0.15) is 5.56 Å². The number of amides is 1. The molecule has 3 rings (SSSR count). The van der Waals surface area contributed by atoms with Gasteiger partial charge in [0.2, 0.25) is 0 Å². The van der Waals surface area contributed by atoms with Crippen molar-refractivity contribution in [2.45, 2.75) is 6.92 Å². The minimum atomic E-state index is -1.10. The highest BCUT2D eigenvalue weighted by Gasteiger charge is 2.21. The fraction of sp³-hybridized carbons (Fsp3) is 0.0526. The Kier molecular flexibility index (Phi) is 4.88. The van der Waals surface area contributed by atoms with E-state index >= 15 is 0 Å². The molecule has 0 aliphatic rings. The average Bonchev–Trinajstić information content (AvgIpc) is 2.98. The van der Waals surface area contributed by atoms with Crippen LogP contribution in [0.1, 0.15) is 26.3 Å². The summed E-state index contributed by atoms with van der Waals surface area (Å²) in [5, 5.41) is 14.5. The molecule has 0 bridgehead atoms. The van der Waals surface area contributed by atoms with Crippen LogP contribution in [0.2, 0.25) is 5.02 Å². The Morgan fingerprint density at radius 3 is 2.56 bits per heavy atom. The lowest BCUT2D eigenvalue weighted by Crippen LogP contribution is -2.14. The highest BCUT2D eigenvalue weighted by molar-refractivity contribution is 7.14. The Hall–Kier alpha value is -2.63. The van der Waals surface area contributed by atoms with Crippen LogP contribution in [0.4, 0.5) is 5.69 Å². The molecule has 3 aromatic rings. The Labute approximate surface area is 153 Å². The molecular formula is C19H14ClNO3S. The summed E-state index contributed by atoms with van der Waals surface area (Å²) in [6.07, 6.45) is 0. The lowest BCUT2D eigenvalue weighted by atomic mass is 10.1. The van der Waals surface area contributed by atoms with Crippen LogP contribution in [0.3, 0.4) is 0 Å². The summed E-state index contributed by atoms with van der Waals surface area (Å²) in [6, 6.07) is 14.1. The summed E-state index contributed by atoms with van der Waals surface area (Å²) in [7, 11) is 0. The number of benzene rings is 2. The van der Waals surface area contributed by atoms with Crippen molar-refractivity contribution in [2.75, 3.05) is 5.32 Å². The zero-order chi connectivity index (χ0) is 18.0. The smallest absolute Gasteiger partial charge is 0.339 e.